The standard InChI is InChI=1S/C23H20N4O3/c1-14-20-18(13-19(26-23(20)30-27-14)16-7-3-2-4-8-16)22(29)25-11-10-15-6-5-9-17(12-15)21(24)28/h2-9,12-13H,10-11H2,1H3,(H2,24,28)(H,25,29). The number of nitrogens with two attached hydrogens (primary N) is 1. The molecule has 0 spiro atoms. The second-order valence-corrected chi connectivity index (χ2v) is 6.94. The van der Waals surface area contributed by atoms with Gasteiger partial charge in [0, 0.05) is 17.7 Å². The van der Waals surface area contributed by atoms with E-state index in [1.54, 1.807) is 31.2 Å². The first-order valence-corrected chi connectivity index (χ1v) is 9.52. The fraction of sp³-hybridized carbons (Fsp3) is 0.130. The van der Waals surface area contributed by atoms with Crippen molar-refractivity contribution in [1.29, 1.82) is 0 Å². The largest absolute Gasteiger partial charge is 0.366 e. The average molecular weight is 400 g/mol. The maximum atomic E-state index is 13.0. The number of aromatic nitrogens is 2. The molecule has 0 atom stereocenters. The van der Waals surface area contributed by atoms with E-state index in [-0.39, 0.29) is 5.91 Å². The van der Waals surface area contributed by atoms with Crippen molar-refractivity contribution in [3.05, 3.63) is 83.0 Å². The van der Waals surface area contributed by atoms with Crippen LogP contribution in [0.15, 0.2) is 65.2 Å². The van der Waals surface area contributed by atoms with Crippen LogP contribution in [0.1, 0.15) is 32.0 Å². The Bertz CT molecular complexity index is 1230. The van der Waals surface area contributed by atoms with Crippen molar-refractivity contribution in [2.75, 3.05) is 6.54 Å². The van der Waals surface area contributed by atoms with Crippen LogP contribution < -0.4 is 11.1 Å². The number of hydrogen-bond acceptors (Lipinski definition) is 5. The number of aryl methyl sites for hydroxylation is 1. The highest BCUT2D eigenvalue weighted by atomic mass is 16.5. The number of primary amides is 1. The first-order chi connectivity index (χ1) is 14.5. The highest BCUT2D eigenvalue weighted by Crippen LogP contribution is 2.26. The van der Waals surface area contributed by atoms with Gasteiger partial charge in [0.1, 0.15) is 0 Å². The number of pyridine rings is 1. The molecule has 2 amide bonds. The van der Waals surface area contributed by atoms with Crippen molar-refractivity contribution in [3.63, 3.8) is 0 Å². The first kappa shape index (κ1) is 19.3. The van der Waals surface area contributed by atoms with Gasteiger partial charge in [-0.3, -0.25) is 9.59 Å². The van der Waals surface area contributed by atoms with E-state index >= 15 is 0 Å². The summed E-state index contributed by atoms with van der Waals surface area (Å²) in [4.78, 5) is 28.8. The molecule has 0 bridgehead atoms. The van der Waals surface area contributed by atoms with Gasteiger partial charge in [0.2, 0.25) is 5.91 Å². The van der Waals surface area contributed by atoms with Gasteiger partial charge in [-0.15, -0.1) is 0 Å². The molecular formula is C23H20N4O3. The van der Waals surface area contributed by atoms with E-state index in [1.165, 1.54) is 0 Å². The number of nitrogens with zero attached hydrogens (tertiary/aromatic N) is 2. The average Bonchev–Trinajstić information content (AvgIpc) is 3.14. The summed E-state index contributed by atoms with van der Waals surface area (Å²) in [7, 11) is 0. The maximum absolute atomic E-state index is 13.0. The van der Waals surface area contributed by atoms with Crippen LogP contribution in [-0.2, 0) is 6.42 Å². The van der Waals surface area contributed by atoms with Crippen molar-refractivity contribution in [3.8, 4) is 11.3 Å². The number of amides is 2. The minimum Gasteiger partial charge on any atom is -0.366 e. The van der Waals surface area contributed by atoms with E-state index < -0.39 is 5.91 Å². The molecule has 2 heterocycles. The molecule has 0 fully saturated rings. The SMILES string of the molecule is Cc1noc2nc(-c3ccccc3)cc(C(=O)NCCc3cccc(C(N)=O)c3)c12. The molecule has 0 aliphatic heterocycles. The molecule has 7 heteroatoms. The van der Waals surface area contributed by atoms with Crippen LogP contribution in [0.3, 0.4) is 0 Å². The Hall–Kier alpha value is -4.00. The van der Waals surface area contributed by atoms with Gasteiger partial charge in [-0.25, -0.2) is 4.98 Å². The van der Waals surface area contributed by atoms with Gasteiger partial charge in [-0.2, -0.15) is 0 Å². The molecule has 0 aliphatic carbocycles. The van der Waals surface area contributed by atoms with Crippen molar-refractivity contribution in [2.45, 2.75) is 13.3 Å². The number of nitrogens with one attached hydrogen (secondary N) is 1. The Morgan fingerprint density at radius 2 is 1.87 bits per heavy atom. The number of carbonyl (C=O) groups is 2. The molecule has 7 nitrogen and oxygen atoms in total. The smallest absolute Gasteiger partial charge is 0.259 e. The number of hydrogen-bond donors (Lipinski definition) is 2. The lowest BCUT2D eigenvalue weighted by atomic mass is 10.0. The zero-order chi connectivity index (χ0) is 21.1. The van der Waals surface area contributed by atoms with Gasteiger partial charge in [0.15, 0.2) is 0 Å². The quantitative estimate of drug-likeness (QED) is 0.516. The van der Waals surface area contributed by atoms with Crippen molar-refractivity contribution in [2.24, 2.45) is 5.73 Å². The number of rotatable bonds is 6. The third kappa shape index (κ3) is 3.91. The van der Waals surface area contributed by atoms with Crippen molar-refractivity contribution >= 4 is 22.9 Å². The Balaban J connectivity index is 1.57. The fourth-order valence-electron chi connectivity index (χ4n) is 3.33. The number of benzene rings is 2. The Kier molecular flexibility index (Phi) is 5.26. The molecule has 30 heavy (non-hydrogen) atoms. The van der Waals surface area contributed by atoms with Crippen LogP contribution in [0.25, 0.3) is 22.4 Å². The zero-order valence-corrected chi connectivity index (χ0v) is 16.4. The lowest BCUT2D eigenvalue weighted by Crippen LogP contribution is -2.26. The predicted octanol–water partition coefficient (Wildman–Crippen LogP) is 3.27. The number of carbonyl (C=O) groups excluding carboxylic acids is 2. The topological polar surface area (TPSA) is 111 Å². The number of fused-ring (bicyclic) bond motifs is 1. The molecule has 0 radical (unpaired) electrons. The molecule has 2 aromatic carbocycles. The second kappa shape index (κ2) is 8.16. The van der Waals surface area contributed by atoms with E-state index in [0.717, 1.165) is 11.1 Å². The molecular weight excluding hydrogens is 380 g/mol. The summed E-state index contributed by atoms with van der Waals surface area (Å²) >= 11 is 0. The van der Waals surface area contributed by atoms with Crippen LogP contribution in [-0.4, -0.2) is 28.5 Å². The first-order valence-electron chi connectivity index (χ1n) is 9.52. The van der Waals surface area contributed by atoms with Gasteiger partial charge in [-0.1, -0.05) is 47.6 Å². The summed E-state index contributed by atoms with van der Waals surface area (Å²) in [6.45, 7) is 2.18. The summed E-state index contributed by atoms with van der Waals surface area (Å²) < 4.78 is 5.33. The molecule has 0 saturated heterocycles. The molecule has 150 valence electrons. The highest BCUT2D eigenvalue weighted by molar-refractivity contribution is 6.07. The molecule has 2 aromatic heterocycles. The Labute approximate surface area is 172 Å². The van der Waals surface area contributed by atoms with E-state index in [2.05, 4.69) is 15.5 Å². The lowest BCUT2D eigenvalue weighted by molar-refractivity contribution is 0.0954. The van der Waals surface area contributed by atoms with Crippen LogP contribution in [0.2, 0.25) is 0 Å². The van der Waals surface area contributed by atoms with Crippen LogP contribution in [0.4, 0.5) is 0 Å². The Morgan fingerprint density at radius 1 is 1.07 bits per heavy atom. The molecule has 4 aromatic rings. The van der Waals surface area contributed by atoms with Crippen LogP contribution in [0.5, 0.6) is 0 Å². The van der Waals surface area contributed by atoms with Gasteiger partial charge >= 0.3 is 0 Å². The van der Waals surface area contributed by atoms with Crippen molar-refractivity contribution in [1.82, 2.24) is 15.5 Å². The van der Waals surface area contributed by atoms with Gasteiger partial charge in [0.25, 0.3) is 11.6 Å². The minimum absolute atomic E-state index is 0.239. The van der Waals surface area contributed by atoms with Gasteiger partial charge in [-0.05, 0) is 37.1 Å². The van der Waals surface area contributed by atoms with E-state index in [9.17, 15) is 9.59 Å². The van der Waals surface area contributed by atoms with Gasteiger partial charge in [0.05, 0.1) is 22.3 Å². The zero-order valence-electron chi connectivity index (χ0n) is 16.4. The molecule has 3 N–H and O–H groups in total. The summed E-state index contributed by atoms with van der Waals surface area (Å²) in [5, 5.41) is 7.50. The van der Waals surface area contributed by atoms with Crippen LogP contribution >= 0.6 is 0 Å². The third-order valence-corrected chi connectivity index (χ3v) is 4.84. The Morgan fingerprint density at radius 3 is 2.63 bits per heavy atom. The van der Waals surface area contributed by atoms with E-state index in [1.807, 2.05) is 36.4 Å². The highest BCUT2D eigenvalue weighted by Gasteiger charge is 2.19. The van der Waals surface area contributed by atoms with Crippen LogP contribution in [0, 0.1) is 6.92 Å². The summed E-state index contributed by atoms with van der Waals surface area (Å²) in [6.07, 6.45) is 0.565. The molecule has 0 saturated carbocycles. The molecule has 0 aliphatic rings. The second-order valence-electron chi connectivity index (χ2n) is 6.94. The van der Waals surface area contributed by atoms with Crippen molar-refractivity contribution < 1.29 is 14.1 Å². The lowest BCUT2D eigenvalue weighted by Gasteiger charge is -2.09. The summed E-state index contributed by atoms with van der Waals surface area (Å²) in [5.41, 5.74) is 9.60. The molecule has 4 rings (SSSR count). The van der Waals surface area contributed by atoms with E-state index in [0.29, 0.717) is 46.6 Å². The summed E-state index contributed by atoms with van der Waals surface area (Å²) in [6, 6.07) is 18.4. The third-order valence-electron chi connectivity index (χ3n) is 4.84. The van der Waals surface area contributed by atoms with E-state index in [4.69, 9.17) is 10.3 Å². The monoisotopic (exact) mass is 400 g/mol. The normalized spacial score (nSPS) is 10.8. The van der Waals surface area contributed by atoms with Gasteiger partial charge < -0.3 is 15.6 Å². The maximum Gasteiger partial charge on any atom is 0.259 e. The fourth-order valence-corrected chi connectivity index (χ4v) is 3.33. The minimum atomic E-state index is -0.476. The predicted molar refractivity (Wildman–Crippen MR) is 113 cm³/mol. The molecule has 0 unspecified atom stereocenters. The summed E-state index contributed by atoms with van der Waals surface area (Å²) in [5.74, 6) is -0.714.